The molecule has 2 aromatic carbocycles. The van der Waals surface area contributed by atoms with Crippen LogP contribution < -0.4 is 0 Å². The minimum atomic E-state index is 0.577. The maximum Gasteiger partial charge on any atom is 0.199 e. The molecule has 0 spiro atoms. The van der Waals surface area contributed by atoms with Gasteiger partial charge in [0, 0.05) is 11.4 Å². The molecular formula is C19H18N6S2. The van der Waals surface area contributed by atoms with Gasteiger partial charge in [0.25, 0.3) is 0 Å². The van der Waals surface area contributed by atoms with Crippen LogP contribution in [0.1, 0.15) is 17.2 Å². The smallest absolute Gasteiger partial charge is 0.199 e. The Balaban J connectivity index is 1.63. The van der Waals surface area contributed by atoms with Gasteiger partial charge in [0.1, 0.15) is 11.6 Å². The van der Waals surface area contributed by atoms with Crippen molar-refractivity contribution in [2.24, 2.45) is 0 Å². The fourth-order valence-corrected chi connectivity index (χ4v) is 4.00. The maximum atomic E-state index is 5.41. The van der Waals surface area contributed by atoms with E-state index in [9.17, 15) is 0 Å². The van der Waals surface area contributed by atoms with Crippen LogP contribution in [0.2, 0.25) is 0 Å². The average molecular weight is 395 g/mol. The summed E-state index contributed by atoms with van der Waals surface area (Å²) in [6.07, 6.45) is 0. The molecular weight excluding hydrogens is 376 g/mol. The molecule has 0 aliphatic rings. The largest absolute Gasteiger partial charge is 0.274 e. The summed E-state index contributed by atoms with van der Waals surface area (Å²) in [4.78, 5) is 0. The molecule has 0 saturated heterocycles. The minimum Gasteiger partial charge on any atom is -0.274 e. The average Bonchev–Trinajstić information content (AvgIpc) is 3.24. The fraction of sp³-hybridized carbons (Fsp3) is 0.158. The summed E-state index contributed by atoms with van der Waals surface area (Å²) in [5, 5.41) is 16.7. The number of hydrogen-bond acceptors (Lipinski definition) is 5. The molecule has 0 fully saturated rings. The lowest BCUT2D eigenvalue weighted by atomic mass is 10.2. The van der Waals surface area contributed by atoms with E-state index >= 15 is 0 Å². The monoisotopic (exact) mass is 394 g/mol. The summed E-state index contributed by atoms with van der Waals surface area (Å²) in [6.45, 7) is 4.03. The van der Waals surface area contributed by atoms with Gasteiger partial charge in [0.05, 0.1) is 5.75 Å². The maximum absolute atomic E-state index is 5.41. The first kappa shape index (κ1) is 17.7. The van der Waals surface area contributed by atoms with Crippen molar-refractivity contribution < 1.29 is 0 Å². The molecule has 0 saturated carbocycles. The minimum absolute atomic E-state index is 0.577. The quantitative estimate of drug-likeness (QED) is 0.401. The SMILES string of the molecule is Cc1ccc(-n2c(C)nnc2SCc2n[nH]c(=S)n2-c2ccccc2)cc1. The topological polar surface area (TPSA) is 64.3 Å². The Morgan fingerprint density at radius 1 is 0.926 bits per heavy atom. The Bertz CT molecular complexity index is 1110. The van der Waals surface area contributed by atoms with E-state index in [0.717, 1.165) is 28.2 Å². The van der Waals surface area contributed by atoms with Crippen molar-refractivity contribution in [2.75, 3.05) is 0 Å². The standard InChI is InChI=1S/C19H18N6S2/c1-13-8-10-16(11-9-13)24-14(2)20-23-19(24)27-12-17-21-22-18(26)25(17)15-6-4-3-5-7-15/h3-11H,12H2,1-2H3,(H,22,26). The molecule has 4 rings (SSSR count). The summed E-state index contributed by atoms with van der Waals surface area (Å²) in [6, 6.07) is 18.3. The van der Waals surface area contributed by atoms with Crippen LogP contribution in [0.5, 0.6) is 0 Å². The van der Waals surface area contributed by atoms with Crippen LogP contribution in [-0.4, -0.2) is 29.5 Å². The van der Waals surface area contributed by atoms with E-state index in [1.54, 1.807) is 11.8 Å². The van der Waals surface area contributed by atoms with Gasteiger partial charge in [-0.1, -0.05) is 47.7 Å². The number of hydrogen-bond donors (Lipinski definition) is 1. The van der Waals surface area contributed by atoms with Crippen molar-refractivity contribution in [3.05, 3.63) is 76.6 Å². The van der Waals surface area contributed by atoms with E-state index in [-0.39, 0.29) is 0 Å². The molecule has 0 aliphatic carbocycles. The molecule has 136 valence electrons. The first-order valence-electron chi connectivity index (χ1n) is 8.47. The summed E-state index contributed by atoms with van der Waals surface area (Å²) >= 11 is 6.99. The number of aromatic amines is 1. The van der Waals surface area contributed by atoms with Crippen molar-refractivity contribution in [3.63, 3.8) is 0 Å². The number of benzene rings is 2. The van der Waals surface area contributed by atoms with Gasteiger partial charge in [-0.05, 0) is 50.3 Å². The first-order chi connectivity index (χ1) is 13.1. The predicted octanol–water partition coefficient (Wildman–Crippen LogP) is 4.42. The highest BCUT2D eigenvalue weighted by molar-refractivity contribution is 7.98. The molecule has 8 heteroatoms. The van der Waals surface area contributed by atoms with E-state index in [2.05, 4.69) is 56.2 Å². The Labute approximate surface area is 166 Å². The number of nitrogens with zero attached hydrogens (tertiary/aromatic N) is 5. The molecule has 27 heavy (non-hydrogen) atoms. The van der Waals surface area contributed by atoms with Crippen LogP contribution in [0.15, 0.2) is 59.8 Å². The van der Waals surface area contributed by atoms with Crippen LogP contribution in [0, 0.1) is 18.6 Å². The second kappa shape index (κ2) is 7.50. The van der Waals surface area contributed by atoms with Gasteiger partial charge in [0.2, 0.25) is 0 Å². The molecule has 0 atom stereocenters. The highest BCUT2D eigenvalue weighted by atomic mass is 32.2. The lowest BCUT2D eigenvalue weighted by molar-refractivity contribution is 0.863. The molecule has 4 aromatic rings. The normalized spacial score (nSPS) is 11.0. The lowest BCUT2D eigenvalue weighted by Crippen LogP contribution is -2.02. The number of para-hydroxylation sites is 1. The van der Waals surface area contributed by atoms with Crippen molar-refractivity contribution in [2.45, 2.75) is 24.8 Å². The first-order valence-corrected chi connectivity index (χ1v) is 9.86. The van der Waals surface area contributed by atoms with E-state index < -0.39 is 0 Å². The van der Waals surface area contributed by atoms with Crippen molar-refractivity contribution in [1.29, 1.82) is 0 Å². The third-order valence-corrected chi connectivity index (χ3v) is 5.37. The zero-order chi connectivity index (χ0) is 18.8. The van der Waals surface area contributed by atoms with Gasteiger partial charge in [0.15, 0.2) is 9.93 Å². The van der Waals surface area contributed by atoms with Crippen LogP contribution >= 0.6 is 24.0 Å². The van der Waals surface area contributed by atoms with Gasteiger partial charge in [-0.15, -0.1) is 10.2 Å². The molecule has 2 heterocycles. The molecule has 1 N–H and O–H groups in total. The number of nitrogens with one attached hydrogen (secondary N) is 1. The number of rotatable bonds is 5. The summed E-state index contributed by atoms with van der Waals surface area (Å²) < 4.78 is 4.58. The van der Waals surface area contributed by atoms with Crippen molar-refractivity contribution in [3.8, 4) is 11.4 Å². The van der Waals surface area contributed by atoms with Crippen LogP contribution in [0.25, 0.3) is 11.4 Å². The molecule has 2 aromatic heterocycles. The lowest BCUT2D eigenvalue weighted by Gasteiger charge is -2.09. The van der Waals surface area contributed by atoms with Gasteiger partial charge in [-0.25, -0.2) is 0 Å². The Morgan fingerprint density at radius 3 is 2.37 bits per heavy atom. The van der Waals surface area contributed by atoms with Crippen LogP contribution in [-0.2, 0) is 5.75 Å². The second-order valence-electron chi connectivity index (χ2n) is 6.11. The van der Waals surface area contributed by atoms with Crippen LogP contribution in [0.4, 0.5) is 0 Å². The predicted molar refractivity (Wildman–Crippen MR) is 109 cm³/mol. The third kappa shape index (κ3) is 3.58. The molecule has 0 amide bonds. The highest BCUT2D eigenvalue weighted by Gasteiger charge is 2.14. The van der Waals surface area contributed by atoms with Gasteiger partial charge in [-0.3, -0.25) is 14.2 Å². The van der Waals surface area contributed by atoms with Crippen molar-refractivity contribution in [1.82, 2.24) is 29.5 Å². The number of aryl methyl sites for hydroxylation is 2. The van der Waals surface area contributed by atoms with E-state index in [4.69, 9.17) is 12.2 Å². The Morgan fingerprint density at radius 2 is 1.63 bits per heavy atom. The van der Waals surface area contributed by atoms with Gasteiger partial charge < -0.3 is 0 Å². The zero-order valence-electron chi connectivity index (χ0n) is 15.0. The molecule has 0 bridgehead atoms. The number of thioether (sulfide) groups is 1. The zero-order valence-corrected chi connectivity index (χ0v) is 16.6. The third-order valence-electron chi connectivity index (χ3n) is 4.17. The summed E-state index contributed by atoms with van der Waals surface area (Å²) in [5.74, 6) is 2.31. The molecule has 0 radical (unpaired) electrons. The Kier molecular flexibility index (Phi) is 4.91. The molecule has 0 unspecified atom stereocenters. The highest BCUT2D eigenvalue weighted by Crippen LogP contribution is 2.25. The second-order valence-corrected chi connectivity index (χ2v) is 7.43. The molecule has 0 aliphatic heterocycles. The Hall–Kier alpha value is -2.71. The summed E-state index contributed by atoms with van der Waals surface area (Å²) in [7, 11) is 0. The van der Waals surface area contributed by atoms with E-state index in [1.807, 2.05) is 41.8 Å². The number of H-pyrrole nitrogens is 1. The van der Waals surface area contributed by atoms with E-state index in [1.165, 1.54) is 5.56 Å². The van der Waals surface area contributed by atoms with Gasteiger partial charge >= 0.3 is 0 Å². The van der Waals surface area contributed by atoms with Gasteiger partial charge in [-0.2, -0.15) is 5.10 Å². The van der Waals surface area contributed by atoms with Crippen molar-refractivity contribution >= 4 is 24.0 Å². The molecule has 6 nitrogen and oxygen atoms in total. The van der Waals surface area contributed by atoms with E-state index in [0.29, 0.717) is 10.5 Å². The summed E-state index contributed by atoms with van der Waals surface area (Å²) in [5.41, 5.74) is 3.26. The number of aromatic nitrogens is 6. The van der Waals surface area contributed by atoms with Crippen LogP contribution in [0.3, 0.4) is 0 Å². The fourth-order valence-electron chi connectivity index (χ4n) is 2.83.